The van der Waals surface area contributed by atoms with Crippen molar-refractivity contribution in [2.75, 3.05) is 5.32 Å². The molecule has 1 heterocycles. The maximum atomic E-state index is 12.9. The second-order valence-corrected chi connectivity index (χ2v) is 8.70. The molecule has 0 atom stereocenters. The van der Waals surface area contributed by atoms with E-state index >= 15 is 0 Å². The standard InChI is InChI=1S/C19H21N3OS/c23-17(16-14-7-11-6-12(9-14)10-15(16)8-11)20-19-22-21-18(24-19)13-4-2-1-3-5-13/h1-5,11-12,14-16H,6-10H2,(H,20,22,23). The van der Waals surface area contributed by atoms with Gasteiger partial charge in [-0.25, -0.2) is 0 Å². The Morgan fingerprint density at radius 2 is 1.62 bits per heavy atom. The van der Waals surface area contributed by atoms with Crippen molar-refractivity contribution >= 4 is 22.4 Å². The van der Waals surface area contributed by atoms with Gasteiger partial charge in [-0.3, -0.25) is 4.79 Å². The molecule has 2 aromatic rings. The molecule has 124 valence electrons. The Morgan fingerprint density at radius 1 is 0.958 bits per heavy atom. The van der Waals surface area contributed by atoms with E-state index in [9.17, 15) is 4.79 Å². The second kappa shape index (κ2) is 5.66. The van der Waals surface area contributed by atoms with Crippen molar-refractivity contribution in [3.8, 4) is 10.6 Å². The molecule has 5 heteroatoms. The van der Waals surface area contributed by atoms with Crippen molar-refractivity contribution < 1.29 is 4.79 Å². The lowest BCUT2D eigenvalue weighted by atomic mass is 9.51. The minimum absolute atomic E-state index is 0.180. The maximum Gasteiger partial charge on any atom is 0.229 e. The number of carbonyl (C=O) groups excluding carboxylic acids is 1. The van der Waals surface area contributed by atoms with E-state index < -0.39 is 0 Å². The van der Waals surface area contributed by atoms with Gasteiger partial charge in [-0.05, 0) is 55.8 Å². The van der Waals surface area contributed by atoms with Crippen LogP contribution in [0.5, 0.6) is 0 Å². The molecule has 6 rings (SSSR count). The Labute approximate surface area is 145 Å². The number of benzene rings is 1. The van der Waals surface area contributed by atoms with Crippen LogP contribution in [0.2, 0.25) is 0 Å². The summed E-state index contributed by atoms with van der Waals surface area (Å²) in [4.78, 5) is 12.9. The average Bonchev–Trinajstić information content (AvgIpc) is 3.03. The molecule has 4 saturated carbocycles. The lowest BCUT2D eigenvalue weighted by Crippen LogP contribution is -2.49. The number of nitrogens with zero attached hydrogens (tertiary/aromatic N) is 2. The number of amides is 1. The molecule has 4 aliphatic rings. The molecule has 0 radical (unpaired) electrons. The first kappa shape index (κ1) is 14.6. The Balaban J connectivity index is 1.32. The fourth-order valence-corrected chi connectivity index (χ4v) is 6.27. The topological polar surface area (TPSA) is 54.9 Å². The van der Waals surface area contributed by atoms with Gasteiger partial charge in [0.2, 0.25) is 11.0 Å². The summed E-state index contributed by atoms with van der Waals surface area (Å²) in [6, 6.07) is 10.0. The molecule has 1 N–H and O–H groups in total. The highest BCUT2D eigenvalue weighted by atomic mass is 32.1. The first-order valence-corrected chi connectivity index (χ1v) is 9.77. The van der Waals surface area contributed by atoms with Crippen molar-refractivity contribution in [3.63, 3.8) is 0 Å². The van der Waals surface area contributed by atoms with Gasteiger partial charge < -0.3 is 5.32 Å². The van der Waals surface area contributed by atoms with E-state index in [1.807, 2.05) is 30.3 Å². The van der Waals surface area contributed by atoms with Gasteiger partial charge in [0.05, 0.1) is 0 Å². The van der Waals surface area contributed by atoms with Crippen molar-refractivity contribution in [2.45, 2.75) is 32.1 Å². The Kier molecular flexibility index (Phi) is 3.44. The average molecular weight is 339 g/mol. The summed E-state index contributed by atoms with van der Waals surface area (Å²) < 4.78 is 0. The third kappa shape index (κ3) is 2.46. The van der Waals surface area contributed by atoms with Crippen LogP contribution in [0.25, 0.3) is 10.6 Å². The van der Waals surface area contributed by atoms with Gasteiger partial charge in [0.1, 0.15) is 5.01 Å². The molecule has 1 amide bonds. The van der Waals surface area contributed by atoms with Gasteiger partial charge in [-0.15, -0.1) is 10.2 Å². The minimum atomic E-state index is 0.180. The summed E-state index contributed by atoms with van der Waals surface area (Å²) in [6.45, 7) is 0. The molecule has 4 aliphatic carbocycles. The van der Waals surface area contributed by atoms with Crippen LogP contribution < -0.4 is 5.32 Å². The van der Waals surface area contributed by atoms with E-state index in [0.29, 0.717) is 17.0 Å². The predicted molar refractivity (Wildman–Crippen MR) is 94.5 cm³/mol. The van der Waals surface area contributed by atoms with E-state index in [0.717, 1.165) is 22.4 Å². The van der Waals surface area contributed by atoms with Gasteiger partial charge in [-0.1, -0.05) is 41.7 Å². The van der Waals surface area contributed by atoms with Gasteiger partial charge in [0, 0.05) is 11.5 Å². The van der Waals surface area contributed by atoms with Gasteiger partial charge in [0.15, 0.2) is 0 Å². The number of hydrogen-bond donors (Lipinski definition) is 1. The van der Waals surface area contributed by atoms with Crippen molar-refractivity contribution in [3.05, 3.63) is 30.3 Å². The molecule has 1 aromatic heterocycles. The van der Waals surface area contributed by atoms with Gasteiger partial charge in [0.25, 0.3) is 0 Å². The van der Waals surface area contributed by atoms with E-state index in [2.05, 4.69) is 15.5 Å². The molecule has 4 nitrogen and oxygen atoms in total. The van der Waals surface area contributed by atoms with Crippen LogP contribution >= 0.6 is 11.3 Å². The normalized spacial score (nSPS) is 33.6. The van der Waals surface area contributed by atoms with Gasteiger partial charge >= 0.3 is 0 Å². The first-order chi connectivity index (χ1) is 11.8. The van der Waals surface area contributed by atoms with Crippen LogP contribution in [0, 0.1) is 29.6 Å². The fourth-order valence-electron chi connectivity index (χ4n) is 5.51. The smallest absolute Gasteiger partial charge is 0.229 e. The Bertz CT molecular complexity index is 729. The van der Waals surface area contributed by atoms with E-state index in [-0.39, 0.29) is 11.8 Å². The third-order valence-corrected chi connectivity index (χ3v) is 7.09. The molecule has 1 aromatic carbocycles. The molecule has 4 fully saturated rings. The summed E-state index contributed by atoms with van der Waals surface area (Å²) >= 11 is 1.46. The number of nitrogens with one attached hydrogen (secondary N) is 1. The van der Waals surface area contributed by atoms with Crippen LogP contribution in [0.1, 0.15) is 32.1 Å². The van der Waals surface area contributed by atoms with E-state index in [1.165, 1.54) is 43.4 Å². The van der Waals surface area contributed by atoms with Crippen LogP contribution in [-0.4, -0.2) is 16.1 Å². The first-order valence-electron chi connectivity index (χ1n) is 8.96. The number of rotatable bonds is 3. The van der Waals surface area contributed by atoms with Crippen LogP contribution in [0.4, 0.5) is 5.13 Å². The number of anilines is 1. The summed E-state index contributed by atoms with van der Waals surface area (Å²) in [5.74, 6) is 3.36. The second-order valence-electron chi connectivity index (χ2n) is 7.72. The molecule has 4 bridgehead atoms. The zero-order valence-corrected chi connectivity index (χ0v) is 14.3. The monoisotopic (exact) mass is 339 g/mol. The summed E-state index contributed by atoms with van der Waals surface area (Å²) in [5.41, 5.74) is 1.05. The number of aromatic nitrogens is 2. The molecular formula is C19H21N3OS. The Morgan fingerprint density at radius 3 is 2.29 bits per heavy atom. The molecule has 0 saturated heterocycles. The zero-order valence-electron chi connectivity index (χ0n) is 13.5. The number of carbonyl (C=O) groups is 1. The van der Waals surface area contributed by atoms with E-state index in [4.69, 9.17) is 0 Å². The predicted octanol–water partition coefficient (Wildman–Crippen LogP) is 4.22. The molecule has 0 unspecified atom stereocenters. The highest BCUT2D eigenvalue weighted by molar-refractivity contribution is 7.18. The molecule has 0 aliphatic heterocycles. The van der Waals surface area contributed by atoms with Crippen LogP contribution in [-0.2, 0) is 4.79 Å². The minimum Gasteiger partial charge on any atom is -0.300 e. The highest BCUT2D eigenvalue weighted by Gasteiger charge is 2.50. The fraction of sp³-hybridized carbons (Fsp3) is 0.526. The summed E-state index contributed by atoms with van der Waals surface area (Å²) in [6.07, 6.45) is 6.46. The van der Waals surface area contributed by atoms with Crippen molar-refractivity contribution in [1.82, 2.24) is 10.2 Å². The van der Waals surface area contributed by atoms with Gasteiger partial charge in [-0.2, -0.15) is 0 Å². The lowest BCUT2D eigenvalue weighted by Gasteiger charge is -2.53. The molecular weight excluding hydrogens is 318 g/mol. The van der Waals surface area contributed by atoms with Crippen molar-refractivity contribution in [1.29, 1.82) is 0 Å². The van der Waals surface area contributed by atoms with Crippen molar-refractivity contribution in [2.24, 2.45) is 29.6 Å². The SMILES string of the molecule is O=C(Nc1nnc(-c2ccccc2)s1)C1C2CC3CC(C2)CC1C3. The maximum absolute atomic E-state index is 12.9. The largest absolute Gasteiger partial charge is 0.300 e. The Hall–Kier alpha value is -1.75. The number of hydrogen-bond acceptors (Lipinski definition) is 4. The molecule has 0 spiro atoms. The third-order valence-electron chi connectivity index (χ3n) is 6.21. The quantitative estimate of drug-likeness (QED) is 0.911. The van der Waals surface area contributed by atoms with Crippen LogP contribution in [0.15, 0.2) is 30.3 Å². The summed E-state index contributed by atoms with van der Waals surface area (Å²) in [7, 11) is 0. The highest BCUT2D eigenvalue weighted by Crippen LogP contribution is 2.56. The van der Waals surface area contributed by atoms with Crippen LogP contribution in [0.3, 0.4) is 0 Å². The molecule has 24 heavy (non-hydrogen) atoms. The lowest BCUT2D eigenvalue weighted by molar-refractivity contribution is -0.132. The van der Waals surface area contributed by atoms with E-state index in [1.54, 1.807) is 0 Å². The zero-order chi connectivity index (χ0) is 16.1. The summed E-state index contributed by atoms with van der Waals surface area (Å²) in [5, 5.41) is 13.0.